The minimum Gasteiger partial charge on any atom is -0.480 e. The van der Waals surface area contributed by atoms with Crippen molar-refractivity contribution in [1.82, 2.24) is 9.88 Å². The maximum Gasteiger partial charge on any atom is 0.337 e. The number of rotatable bonds is 4. The van der Waals surface area contributed by atoms with E-state index in [0.717, 1.165) is 28.0 Å². The molecule has 2 aliphatic heterocycles. The predicted molar refractivity (Wildman–Crippen MR) is 102 cm³/mol. The summed E-state index contributed by atoms with van der Waals surface area (Å²) >= 11 is 2.03. The monoisotopic (exact) mass is 434 g/mol. The first-order valence-electron chi connectivity index (χ1n) is 8.46. The number of nitrogens with one attached hydrogen (secondary N) is 1. The van der Waals surface area contributed by atoms with Gasteiger partial charge in [-0.2, -0.15) is 0 Å². The Labute approximate surface area is 171 Å². The van der Waals surface area contributed by atoms with E-state index in [2.05, 4.69) is 9.72 Å². The SMILES string of the molecule is COC(=O)c1ccc([C@H]2c3sc(=O)[nH]c3S[C@H]3C(=O)N(CC(=O)O)C(=O)[C@H]23)cc1. The summed E-state index contributed by atoms with van der Waals surface area (Å²) in [6.45, 7) is -0.705. The number of methoxy groups -OCH3 is 1. The van der Waals surface area contributed by atoms with Crippen molar-refractivity contribution in [1.29, 1.82) is 0 Å². The van der Waals surface area contributed by atoms with Crippen LogP contribution in [0.3, 0.4) is 0 Å². The number of thioether (sulfide) groups is 1. The summed E-state index contributed by atoms with van der Waals surface area (Å²) in [6.07, 6.45) is 0. The molecule has 1 saturated heterocycles. The van der Waals surface area contributed by atoms with Gasteiger partial charge in [0.15, 0.2) is 0 Å². The molecule has 9 nitrogen and oxygen atoms in total. The third-order valence-electron chi connectivity index (χ3n) is 4.90. The Kier molecular flexibility index (Phi) is 4.79. The number of esters is 1. The second-order valence-electron chi connectivity index (χ2n) is 6.52. The van der Waals surface area contributed by atoms with E-state index >= 15 is 0 Å². The number of fused-ring (bicyclic) bond motifs is 2. The Balaban J connectivity index is 1.80. The van der Waals surface area contributed by atoms with Gasteiger partial charge in [0.05, 0.1) is 23.6 Å². The van der Waals surface area contributed by atoms with Gasteiger partial charge in [0.1, 0.15) is 11.8 Å². The molecule has 3 heterocycles. The molecule has 4 rings (SSSR count). The Morgan fingerprint density at radius 3 is 2.48 bits per heavy atom. The molecule has 0 unspecified atom stereocenters. The van der Waals surface area contributed by atoms with Crippen molar-refractivity contribution in [3.8, 4) is 0 Å². The van der Waals surface area contributed by atoms with Gasteiger partial charge in [-0.1, -0.05) is 35.2 Å². The highest BCUT2D eigenvalue weighted by molar-refractivity contribution is 8.00. The number of carbonyl (C=O) groups is 4. The van der Waals surface area contributed by atoms with Crippen LogP contribution in [0.25, 0.3) is 0 Å². The van der Waals surface area contributed by atoms with Crippen LogP contribution in [0.15, 0.2) is 34.1 Å². The van der Waals surface area contributed by atoms with Crippen LogP contribution in [0.5, 0.6) is 0 Å². The van der Waals surface area contributed by atoms with Gasteiger partial charge in [0, 0.05) is 10.8 Å². The van der Waals surface area contributed by atoms with Crippen molar-refractivity contribution in [2.75, 3.05) is 13.7 Å². The van der Waals surface area contributed by atoms with E-state index in [1.807, 2.05) is 0 Å². The van der Waals surface area contributed by atoms with E-state index < -0.39 is 47.4 Å². The van der Waals surface area contributed by atoms with Gasteiger partial charge in [0.2, 0.25) is 11.8 Å². The van der Waals surface area contributed by atoms with Crippen LogP contribution >= 0.6 is 23.1 Å². The van der Waals surface area contributed by atoms with E-state index in [-0.39, 0.29) is 4.87 Å². The first kappa shape index (κ1) is 19.4. The zero-order chi connectivity index (χ0) is 20.9. The number of likely N-dealkylation sites (tertiary alicyclic amines) is 1. The highest BCUT2D eigenvalue weighted by Gasteiger charge is 2.56. The van der Waals surface area contributed by atoms with Gasteiger partial charge in [-0.15, -0.1) is 0 Å². The predicted octanol–water partition coefficient (Wildman–Crippen LogP) is 0.899. The number of amides is 2. The smallest absolute Gasteiger partial charge is 0.337 e. The minimum atomic E-state index is -1.28. The van der Waals surface area contributed by atoms with Gasteiger partial charge in [-0.3, -0.25) is 24.1 Å². The van der Waals surface area contributed by atoms with E-state index in [1.165, 1.54) is 7.11 Å². The molecular weight excluding hydrogens is 420 g/mol. The lowest BCUT2D eigenvalue weighted by atomic mass is 9.83. The molecule has 2 aliphatic rings. The van der Waals surface area contributed by atoms with Crippen molar-refractivity contribution in [2.45, 2.75) is 16.2 Å². The molecule has 2 amide bonds. The topological polar surface area (TPSA) is 134 Å². The molecule has 29 heavy (non-hydrogen) atoms. The maximum atomic E-state index is 13.0. The van der Waals surface area contributed by atoms with Crippen LogP contribution in [0, 0.1) is 5.92 Å². The number of aliphatic carboxylic acids is 1. The van der Waals surface area contributed by atoms with Crippen molar-refractivity contribution >= 4 is 46.9 Å². The Hall–Kier alpha value is -2.92. The standard InChI is InChI=1S/C18H14N2O7S2/c1-27-17(25)8-4-2-7(3-5-8)10-11-13(28-14-12(10)29-18(26)19-14)16(24)20(15(11)23)6-9(21)22/h2-5,10-11,13H,6H2,1H3,(H,19,26)(H,21,22)/t10-,11-,13-/m1/s1. The number of thiazole rings is 1. The van der Waals surface area contributed by atoms with E-state index in [4.69, 9.17) is 5.11 Å². The molecule has 0 saturated carbocycles. The second kappa shape index (κ2) is 7.16. The Bertz CT molecular complexity index is 1090. The van der Waals surface area contributed by atoms with Crippen LogP contribution in [-0.2, 0) is 19.1 Å². The van der Waals surface area contributed by atoms with Crippen molar-refractivity contribution < 1.29 is 29.0 Å². The number of carbonyl (C=O) groups excluding carboxylic acids is 3. The third-order valence-corrected chi connectivity index (χ3v) is 7.30. The van der Waals surface area contributed by atoms with Crippen LogP contribution in [0.4, 0.5) is 0 Å². The lowest BCUT2D eigenvalue weighted by molar-refractivity contribution is -0.149. The summed E-state index contributed by atoms with van der Waals surface area (Å²) < 4.78 is 4.69. The number of aromatic nitrogens is 1. The molecule has 0 aliphatic carbocycles. The number of benzene rings is 1. The third kappa shape index (κ3) is 3.15. The lowest BCUT2D eigenvalue weighted by Gasteiger charge is -2.29. The quantitative estimate of drug-likeness (QED) is 0.536. The molecule has 1 aromatic heterocycles. The normalized spacial score (nSPS) is 22.9. The van der Waals surface area contributed by atoms with E-state index in [0.29, 0.717) is 21.0 Å². The highest BCUT2D eigenvalue weighted by atomic mass is 32.2. The average Bonchev–Trinajstić information content (AvgIpc) is 3.18. The van der Waals surface area contributed by atoms with Gasteiger partial charge in [0.25, 0.3) is 0 Å². The number of carboxylic acids is 1. The van der Waals surface area contributed by atoms with Crippen LogP contribution in [0.1, 0.15) is 26.7 Å². The van der Waals surface area contributed by atoms with Crippen LogP contribution < -0.4 is 4.87 Å². The largest absolute Gasteiger partial charge is 0.480 e. The summed E-state index contributed by atoms with van der Waals surface area (Å²) in [6, 6.07) is 6.39. The fraction of sp³-hybridized carbons (Fsp3) is 0.278. The molecular formula is C18H14N2O7S2. The fourth-order valence-electron chi connectivity index (χ4n) is 3.67. The van der Waals surface area contributed by atoms with Crippen LogP contribution in [-0.4, -0.2) is 57.6 Å². The molecule has 2 N–H and O–H groups in total. The summed E-state index contributed by atoms with van der Waals surface area (Å²) in [5.41, 5.74) is 0.963. The molecule has 0 spiro atoms. The minimum absolute atomic E-state index is 0.305. The summed E-state index contributed by atoms with van der Waals surface area (Å²) in [4.78, 5) is 64.2. The molecule has 1 fully saturated rings. The summed E-state index contributed by atoms with van der Waals surface area (Å²) in [7, 11) is 1.27. The van der Waals surface area contributed by atoms with Gasteiger partial charge < -0.3 is 14.8 Å². The van der Waals surface area contributed by atoms with Crippen LogP contribution in [0.2, 0.25) is 0 Å². The zero-order valence-corrected chi connectivity index (χ0v) is 16.5. The maximum absolute atomic E-state index is 13.0. The lowest BCUT2D eigenvalue weighted by Crippen LogP contribution is -2.36. The van der Waals surface area contributed by atoms with E-state index in [1.54, 1.807) is 24.3 Å². The average molecular weight is 434 g/mol. The number of carboxylic acid groups (broad SMARTS) is 1. The first-order chi connectivity index (χ1) is 13.8. The highest BCUT2D eigenvalue weighted by Crippen LogP contribution is 2.52. The van der Waals surface area contributed by atoms with Crippen molar-refractivity contribution in [2.24, 2.45) is 5.92 Å². The molecule has 0 bridgehead atoms. The number of imide groups is 1. The van der Waals surface area contributed by atoms with Gasteiger partial charge in [-0.25, -0.2) is 4.79 Å². The fourth-order valence-corrected chi connectivity index (χ4v) is 6.21. The number of hydrogen-bond donors (Lipinski definition) is 2. The summed E-state index contributed by atoms with van der Waals surface area (Å²) in [5, 5.41) is 8.73. The van der Waals surface area contributed by atoms with E-state index in [9.17, 15) is 24.0 Å². The zero-order valence-electron chi connectivity index (χ0n) is 14.9. The molecule has 0 radical (unpaired) electrons. The second-order valence-corrected chi connectivity index (χ2v) is 8.69. The van der Waals surface area contributed by atoms with Crippen molar-refractivity contribution in [3.05, 3.63) is 49.9 Å². The molecule has 150 valence electrons. The molecule has 3 atom stereocenters. The summed E-state index contributed by atoms with van der Waals surface area (Å²) in [5.74, 6) is -4.40. The van der Waals surface area contributed by atoms with Gasteiger partial charge >= 0.3 is 16.8 Å². The first-order valence-corrected chi connectivity index (χ1v) is 10.2. The Morgan fingerprint density at radius 2 is 1.86 bits per heavy atom. The molecule has 1 aromatic carbocycles. The number of ether oxygens (including phenoxy) is 1. The Morgan fingerprint density at radius 1 is 1.17 bits per heavy atom. The number of aromatic amines is 1. The van der Waals surface area contributed by atoms with Gasteiger partial charge in [-0.05, 0) is 17.7 Å². The molecule has 2 aromatic rings. The number of hydrogen-bond acceptors (Lipinski definition) is 8. The molecule has 11 heteroatoms. The number of H-pyrrole nitrogens is 1. The number of nitrogens with zero attached hydrogens (tertiary/aromatic N) is 1. The van der Waals surface area contributed by atoms with Crippen molar-refractivity contribution in [3.63, 3.8) is 0 Å².